The molecule has 0 aliphatic carbocycles. The van der Waals surface area contributed by atoms with Crippen LogP contribution in [0.4, 0.5) is 4.79 Å². The average Bonchev–Trinajstić information content (AvgIpc) is 3.50. The number of fused-ring (bicyclic) bond motifs is 1. The topological polar surface area (TPSA) is 77.8 Å². The van der Waals surface area contributed by atoms with Crippen LogP contribution in [0, 0.1) is 27.7 Å². The number of hydrogen-bond donors (Lipinski definition) is 1. The first kappa shape index (κ1) is 29.1. The lowest BCUT2D eigenvalue weighted by Crippen LogP contribution is -2.53. The van der Waals surface area contributed by atoms with Gasteiger partial charge in [-0.25, -0.2) is 0 Å². The van der Waals surface area contributed by atoms with Crippen LogP contribution in [0.15, 0.2) is 63.9 Å². The molecule has 0 radical (unpaired) electrons. The number of nitrogens with zero attached hydrogens (tertiary/aromatic N) is 1. The summed E-state index contributed by atoms with van der Waals surface area (Å²) >= 11 is 0.920. The minimum atomic E-state index is -0.356. The highest BCUT2D eigenvalue weighted by molar-refractivity contribution is 8.18. The van der Waals surface area contributed by atoms with Gasteiger partial charge in [-0.15, -0.1) is 4.65 Å². The van der Waals surface area contributed by atoms with Crippen molar-refractivity contribution < 1.29 is 28.2 Å². The molecular weight excluding hydrogens is 560 g/mol. The van der Waals surface area contributed by atoms with Crippen molar-refractivity contribution in [3.05, 3.63) is 98.6 Å². The monoisotopic (exact) mass is 597 g/mol. The third-order valence-corrected chi connectivity index (χ3v) is 9.40. The maximum absolute atomic E-state index is 12.0. The number of likely N-dealkylation sites (tertiary alicyclic amines) is 1. The molecule has 3 aromatic carbocycles. The summed E-state index contributed by atoms with van der Waals surface area (Å²) < 4.78 is 13.4. The molecule has 0 bridgehead atoms. The van der Waals surface area contributed by atoms with E-state index in [-0.39, 0.29) is 11.1 Å². The second-order valence-corrected chi connectivity index (χ2v) is 12.6. The SMILES string of the molecule is Cc1oc2c(C)c(C)c(OCc3ccccc3)c(C)c2c1C[N+]1(Oc2ccc(C=C3SC(=O)NC3=O)cc2)CCCCC1. The van der Waals surface area contributed by atoms with E-state index in [1.54, 1.807) is 6.08 Å². The van der Waals surface area contributed by atoms with E-state index in [0.717, 1.165) is 99.3 Å². The number of amides is 2. The Labute approximate surface area is 256 Å². The number of hydroxylamine groups is 3. The Hall–Kier alpha value is -4.01. The maximum Gasteiger partial charge on any atom is 0.290 e. The molecule has 1 N–H and O–H groups in total. The number of ether oxygens (including phenoxy) is 1. The summed E-state index contributed by atoms with van der Waals surface area (Å²) in [5, 5.41) is 3.08. The van der Waals surface area contributed by atoms with E-state index in [4.69, 9.17) is 14.0 Å². The van der Waals surface area contributed by atoms with E-state index in [1.165, 1.54) is 6.42 Å². The number of imide groups is 1. The molecule has 0 unspecified atom stereocenters. The Bertz CT molecular complexity index is 1720. The van der Waals surface area contributed by atoms with Crippen molar-refractivity contribution in [3.63, 3.8) is 0 Å². The van der Waals surface area contributed by atoms with E-state index in [2.05, 4.69) is 45.1 Å². The molecule has 0 saturated carbocycles. The molecule has 222 valence electrons. The van der Waals surface area contributed by atoms with Gasteiger partial charge in [0.1, 0.15) is 43.3 Å². The number of hydrogen-bond acceptors (Lipinski definition) is 6. The van der Waals surface area contributed by atoms with Gasteiger partial charge in [0.15, 0.2) is 5.75 Å². The van der Waals surface area contributed by atoms with Crippen molar-refractivity contribution in [1.29, 1.82) is 0 Å². The fourth-order valence-electron chi connectivity index (χ4n) is 6.19. The first-order valence-corrected chi connectivity index (χ1v) is 15.6. The zero-order valence-electron chi connectivity index (χ0n) is 25.1. The smallest absolute Gasteiger partial charge is 0.290 e. The molecular formula is C35H37N2O5S+. The second kappa shape index (κ2) is 11.9. The minimum absolute atomic E-state index is 0.342. The molecule has 3 heterocycles. The third-order valence-electron chi connectivity index (χ3n) is 8.59. The predicted octanol–water partition coefficient (Wildman–Crippen LogP) is 8.06. The average molecular weight is 598 g/mol. The van der Waals surface area contributed by atoms with Crippen molar-refractivity contribution >= 4 is 40.0 Å². The van der Waals surface area contributed by atoms with Crippen molar-refractivity contribution in [3.8, 4) is 11.5 Å². The summed E-state index contributed by atoms with van der Waals surface area (Å²) in [6.45, 7) is 11.4. The van der Waals surface area contributed by atoms with E-state index in [1.807, 2.05) is 42.5 Å². The van der Waals surface area contributed by atoms with Crippen molar-refractivity contribution in [2.75, 3.05) is 13.1 Å². The van der Waals surface area contributed by atoms with Gasteiger partial charge in [-0.1, -0.05) is 42.5 Å². The first-order valence-electron chi connectivity index (χ1n) is 14.8. The molecule has 2 aliphatic rings. The predicted molar refractivity (Wildman–Crippen MR) is 170 cm³/mol. The summed E-state index contributed by atoms with van der Waals surface area (Å²) in [7, 11) is 0. The Morgan fingerprint density at radius 1 is 0.907 bits per heavy atom. The number of piperidine rings is 1. The lowest BCUT2D eigenvalue weighted by Gasteiger charge is -2.38. The fourth-order valence-corrected chi connectivity index (χ4v) is 6.87. The molecule has 0 spiro atoms. The first-order chi connectivity index (χ1) is 20.7. The van der Waals surface area contributed by atoms with Crippen LogP contribution in [0.25, 0.3) is 17.0 Å². The van der Waals surface area contributed by atoms with Gasteiger partial charge in [0.05, 0.1) is 10.5 Å². The Morgan fingerprint density at radius 3 is 2.30 bits per heavy atom. The highest BCUT2D eigenvalue weighted by atomic mass is 32.2. The van der Waals surface area contributed by atoms with Crippen LogP contribution in [0.3, 0.4) is 0 Å². The number of thioether (sulfide) groups is 1. The molecule has 2 amide bonds. The highest BCUT2D eigenvalue weighted by Gasteiger charge is 2.37. The highest BCUT2D eigenvalue weighted by Crippen LogP contribution is 2.41. The Morgan fingerprint density at radius 2 is 1.63 bits per heavy atom. The van der Waals surface area contributed by atoms with E-state index >= 15 is 0 Å². The zero-order valence-corrected chi connectivity index (χ0v) is 25.9. The molecule has 2 saturated heterocycles. The number of nitrogens with one attached hydrogen (secondary N) is 1. The van der Waals surface area contributed by atoms with Gasteiger partial charge < -0.3 is 14.0 Å². The van der Waals surface area contributed by atoms with Crippen molar-refractivity contribution in [2.45, 2.75) is 60.1 Å². The molecule has 2 aliphatic heterocycles. The number of carbonyl (C=O) groups excluding carboxylic acids is 2. The van der Waals surface area contributed by atoms with Crippen LogP contribution in [-0.4, -0.2) is 28.9 Å². The second-order valence-electron chi connectivity index (χ2n) is 11.6. The molecule has 0 atom stereocenters. The van der Waals surface area contributed by atoms with Gasteiger partial charge >= 0.3 is 0 Å². The number of benzene rings is 3. The number of furan rings is 1. The summed E-state index contributed by atoms with van der Waals surface area (Å²) in [5.74, 6) is 2.24. The quantitative estimate of drug-likeness (QED) is 0.164. The summed E-state index contributed by atoms with van der Waals surface area (Å²) in [4.78, 5) is 30.7. The van der Waals surface area contributed by atoms with Crippen LogP contribution >= 0.6 is 11.8 Å². The zero-order chi connectivity index (χ0) is 30.1. The molecule has 2 fully saturated rings. The molecule has 6 rings (SSSR count). The largest absolute Gasteiger partial charge is 0.488 e. The van der Waals surface area contributed by atoms with Gasteiger partial charge in [0, 0.05) is 23.8 Å². The lowest BCUT2D eigenvalue weighted by molar-refractivity contribution is -1.09. The van der Waals surface area contributed by atoms with Crippen LogP contribution in [-0.2, 0) is 17.9 Å². The third kappa shape index (κ3) is 5.94. The molecule has 43 heavy (non-hydrogen) atoms. The van der Waals surface area contributed by atoms with Gasteiger partial charge in [0.2, 0.25) is 0 Å². The standard InChI is InChI=1S/C35H36N2O5S/c1-22-23(2)33-31(24(3)32(22)40-21-27-11-7-5-8-12-27)29(25(4)41-33)20-37(17-9-6-10-18-37)42-28-15-13-26(14-16-28)19-30-34(38)36-35(39)43-30/h5,7-8,11-16,19H,6,9-10,17-18,20-21H2,1-4H3/p+1. The number of aryl methyl sites for hydroxylation is 3. The van der Waals surface area contributed by atoms with Crippen LogP contribution in [0.2, 0.25) is 0 Å². The molecule has 7 nitrogen and oxygen atoms in total. The van der Waals surface area contributed by atoms with Gasteiger partial charge in [-0.05, 0) is 86.3 Å². The summed E-state index contributed by atoms with van der Waals surface area (Å²) in [6.07, 6.45) is 5.09. The van der Waals surface area contributed by atoms with Gasteiger partial charge in [-0.3, -0.25) is 14.9 Å². The van der Waals surface area contributed by atoms with Crippen LogP contribution < -0.4 is 14.9 Å². The number of rotatable bonds is 8. The van der Waals surface area contributed by atoms with Crippen LogP contribution in [0.1, 0.15) is 58.4 Å². The van der Waals surface area contributed by atoms with Gasteiger partial charge in [-0.2, -0.15) is 0 Å². The van der Waals surface area contributed by atoms with Crippen molar-refractivity contribution in [1.82, 2.24) is 5.32 Å². The van der Waals surface area contributed by atoms with E-state index in [0.29, 0.717) is 22.7 Å². The maximum atomic E-state index is 12.0. The van der Waals surface area contributed by atoms with Gasteiger partial charge in [0.25, 0.3) is 11.1 Å². The summed E-state index contributed by atoms with van der Waals surface area (Å²) in [5.41, 5.74) is 7.37. The molecule has 4 aromatic rings. The number of carbonyl (C=O) groups is 2. The number of quaternary nitrogens is 1. The van der Waals surface area contributed by atoms with E-state index in [9.17, 15) is 9.59 Å². The van der Waals surface area contributed by atoms with E-state index < -0.39 is 0 Å². The minimum Gasteiger partial charge on any atom is -0.488 e. The molecule has 8 heteroatoms. The fraction of sp³-hybridized carbons (Fsp3) is 0.314. The lowest BCUT2D eigenvalue weighted by atomic mass is 9.97. The van der Waals surface area contributed by atoms with Crippen molar-refractivity contribution in [2.24, 2.45) is 0 Å². The Kier molecular flexibility index (Phi) is 8.07. The Balaban J connectivity index is 1.31. The summed E-state index contributed by atoms with van der Waals surface area (Å²) in [6, 6.07) is 18.0. The normalized spacial score (nSPS) is 17.4. The van der Waals surface area contributed by atoms with Crippen LogP contribution in [0.5, 0.6) is 11.5 Å². The molecule has 1 aromatic heterocycles.